The minimum absolute atomic E-state index is 0. The first-order chi connectivity index (χ1) is 7.99. The summed E-state index contributed by atoms with van der Waals surface area (Å²) in [6, 6.07) is 0. The first kappa shape index (κ1) is 16.0. The molecule has 2 rings (SSSR count). The Morgan fingerprint density at radius 3 is 2.72 bits per heavy atom. The van der Waals surface area contributed by atoms with E-state index in [9.17, 15) is 0 Å². The van der Waals surface area contributed by atoms with Crippen molar-refractivity contribution in [1.82, 2.24) is 5.32 Å². The summed E-state index contributed by atoms with van der Waals surface area (Å²) in [6.07, 6.45) is 4.43. The molecule has 106 valence electrons. The number of nitrogens with zero attached hydrogens (tertiary/aromatic N) is 1. The molecule has 4 nitrogen and oxygen atoms in total. The molecule has 0 aromatic heterocycles. The summed E-state index contributed by atoms with van der Waals surface area (Å²) in [5.74, 6) is 1.16. The van der Waals surface area contributed by atoms with Gasteiger partial charge in [-0.2, -0.15) is 0 Å². The standard InChI is InChI=1S/C13H25N3O.HI/c1-9(2)7-15-12(14)16-8-13(3)6-10-4-5-11(13)17-10;/h9-11H,4-8H2,1-3H3,(H3,14,15,16);1H. The first-order valence-corrected chi connectivity index (χ1v) is 6.69. The SMILES string of the molecule is CC(C)CNC(N)=NCC1(C)CC2CCC1O2.I. The molecule has 3 unspecified atom stereocenters. The van der Waals surface area contributed by atoms with Gasteiger partial charge in [-0.1, -0.05) is 20.8 Å². The Morgan fingerprint density at radius 1 is 1.50 bits per heavy atom. The summed E-state index contributed by atoms with van der Waals surface area (Å²) in [4.78, 5) is 4.47. The summed E-state index contributed by atoms with van der Waals surface area (Å²) in [5, 5.41) is 3.15. The number of fused-ring (bicyclic) bond motifs is 2. The van der Waals surface area contributed by atoms with Gasteiger partial charge in [-0.25, -0.2) is 0 Å². The lowest BCUT2D eigenvalue weighted by Gasteiger charge is -2.29. The Labute approximate surface area is 127 Å². The molecule has 0 amide bonds. The summed E-state index contributed by atoms with van der Waals surface area (Å²) in [5.41, 5.74) is 6.06. The molecular formula is C13H26IN3O. The van der Waals surface area contributed by atoms with Crippen LogP contribution in [-0.2, 0) is 4.74 Å². The van der Waals surface area contributed by atoms with Crippen LogP contribution in [0, 0.1) is 11.3 Å². The largest absolute Gasteiger partial charge is 0.374 e. The van der Waals surface area contributed by atoms with Crippen molar-refractivity contribution in [3.63, 3.8) is 0 Å². The minimum atomic E-state index is 0. The highest BCUT2D eigenvalue weighted by Crippen LogP contribution is 2.47. The molecule has 2 saturated heterocycles. The predicted molar refractivity (Wildman–Crippen MR) is 85.4 cm³/mol. The van der Waals surface area contributed by atoms with E-state index in [2.05, 4.69) is 31.1 Å². The average Bonchev–Trinajstić information content (AvgIpc) is 2.83. The fraction of sp³-hybridized carbons (Fsp3) is 0.923. The molecule has 0 aromatic rings. The minimum Gasteiger partial charge on any atom is -0.374 e. The lowest BCUT2D eigenvalue weighted by atomic mass is 9.76. The highest BCUT2D eigenvalue weighted by atomic mass is 127. The molecular weight excluding hydrogens is 341 g/mol. The maximum absolute atomic E-state index is 5.89. The van der Waals surface area contributed by atoms with Gasteiger partial charge in [0.15, 0.2) is 5.96 Å². The molecule has 18 heavy (non-hydrogen) atoms. The van der Waals surface area contributed by atoms with Gasteiger partial charge in [-0.3, -0.25) is 4.99 Å². The Balaban J connectivity index is 0.00000162. The van der Waals surface area contributed by atoms with Gasteiger partial charge in [-0.05, 0) is 25.2 Å². The fourth-order valence-corrected chi connectivity index (χ4v) is 2.82. The second kappa shape index (κ2) is 6.41. The molecule has 0 saturated carbocycles. The lowest BCUT2D eigenvalue weighted by Crippen LogP contribution is -2.37. The zero-order valence-electron chi connectivity index (χ0n) is 11.6. The van der Waals surface area contributed by atoms with Crippen LogP contribution in [0.25, 0.3) is 0 Å². The van der Waals surface area contributed by atoms with Crippen molar-refractivity contribution in [3.8, 4) is 0 Å². The van der Waals surface area contributed by atoms with Crippen molar-refractivity contribution < 1.29 is 4.74 Å². The highest BCUT2D eigenvalue weighted by Gasteiger charge is 2.49. The van der Waals surface area contributed by atoms with E-state index >= 15 is 0 Å². The monoisotopic (exact) mass is 367 g/mol. The van der Waals surface area contributed by atoms with Crippen molar-refractivity contribution in [2.75, 3.05) is 13.1 Å². The smallest absolute Gasteiger partial charge is 0.188 e. The van der Waals surface area contributed by atoms with Gasteiger partial charge in [0, 0.05) is 12.0 Å². The number of hydrogen-bond donors (Lipinski definition) is 2. The van der Waals surface area contributed by atoms with Gasteiger partial charge < -0.3 is 15.8 Å². The predicted octanol–water partition coefficient (Wildman–Crippen LogP) is 2.12. The Hall–Kier alpha value is -0.0400. The van der Waals surface area contributed by atoms with E-state index in [1.165, 1.54) is 12.8 Å². The van der Waals surface area contributed by atoms with E-state index in [0.29, 0.717) is 24.1 Å². The summed E-state index contributed by atoms with van der Waals surface area (Å²) in [6.45, 7) is 8.26. The van der Waals surface area contributed by atoms with Gasteiger partial charge in [0.1, 0.15) is 0 Å². The second-order valence-corrected chi connectivity index (χ2v) is 6.16. The molecule has 2 heterocycles. The van der Waals surface area contributed by atoms with E-state index in [1.54, 1.807) is 0 Å². The molecule has 2 bridgehead atoms. The molecule has 2 aliphatic heterocycles. The third-order valence-corrected chi connectivity index (χ3v) is 3.88. The lowest BCUT2D eigenvalue weighted by molar-refractivity contribution is 0.0706. The molecule has 3 N–H and O–H groups in total. The Morgan fingerprint density at radius 2 is 2.22 bits per heavy atom. The molecule has 2 aliphatic rings. The van der Waals surface area contributed by atoms with Gasteiger partial charge in [0.25, 0.3) is 0 Å². The van der Waals surface area contributed by atoms with Crippen LogP contribution in [0.15, 0.2) is 4.99 Å². The summed E-state index contributed by atoms with van der Waals surface area (Å²) >= 11 is 0. The number of nitrogens with one attached hydrogen (secondary N) is 1. The number of guanidine groups is 1. The molecule has 5 heteroatoms. The first-order valence-electron chi connectivity index (χ1n) is 6.69. The zero-order valence-corrected chi connectivity index (χ0v) is 13.9. The molecule has 0 aliphatic carbocycles. The average molecular weight is 367 g/mol. The van der Waals surface area contributed by atoms with Crippen LogP contribution in [0.5, 0.6) is 0 Å². The van der Waals surface area contributed by atoms with E-state index in [0.717, 1.165) is 19.5 Å². The molecule has 0 spiro atoms. The molecule has 0 aromatic carbocycles. The van der Waals surface area contributed by atoms with Gasteiger partial charge >= 0.3 is 0 Å². The Kier molecular flexibility index (Phi) is 5.70. The van der Waals surface area contributed by atoms with Gasteiger partial charge in [0.2, 0.25) is 0 Å². The van der Waals surface area contributed by atoms with Crippen molar-refractivity contribution in [2.45, 2.75) is 52.2 Å². The summed E-state index contributed by atoms with van der Waals surface area (Å²) < 4.78 is 5.89. The Bertz CT molecular complexity index is 309. The van der Waals surface area contributed by atoms with E-state index < -0.39 is 0 Å². The number of hydrogen-bond acceptors (Lipinski definition) is 2. The van der Waals surface area contributed by atoms with Gasteiger partial charge in [0.05, 0.1) is 18.8 Å². The van der Waals surface area contributed by atoms with E-state index in [-0.39, 0.29) is 29.4 Å². The normalized spacial score (nSPS) is 34.8. The topological polar surface area (TPSA) is 59.6 Å². The molecule has 3 atom stereocenters. The third-order valence-electron chi connectivity index (χ3n) is 3.88. The van der Waals surface area contributed by atoms with Crippen molar-refractivity contribution in [3.05, 3.63) is 0 Å². The number of halogens is 1. The van der Waals surface area contributed by atoms with E-state index in [1.807, 2.05) is 0 Å². The van der Waals surface area contributed by atoms with Crippen molar-refractivity contribution in [2.24, 2.45) is 22.1 Å². The molecule has 0 radical (unpaired) electrons. The van der Waals surface area contributed by atoms with Crippen molar-refractivity contribution in [1.29, 1.82) is 0 Å². The van der Waals surface area contributed by atoms with Crippen LogP contribution in [0.4, 0.5) is 0 Å². The van der Waals surface area contributed by atoms with Crippen LogP contribution < -0.4 is 11.1 Å². The van der Waals surface area contributed by atoms with Crippen LogP contribution in [0.3, 0.4) is 0 Å². The van der Waals surface area contributed by atoms with Crippen molar-refractivity contribution >= 4 is 29.9 Å². The number of ether oxygens (including phenoxy) is 1. The fourth-order valence-electron chi connectivity index (χ4n) is 2.82. The van der Waals surface area contributed by atoms with Crippen LogP contribution in [0.2, 0.25) is 0 Å². The maximum Gasteiger partial charge on any atom is 0.188 e. The summed E-state index contributed by atoms with van der Waals surface area (Å²) in [7, 11) is 0. The third kappa shape index (κ3) is 3.73. The number of aliphatic imine (C=N–C) groups is 1. The molecule has 2 fully saturated rings. The number of rotatable bonds is 4. The van der Waals surface area contributed by atoms with Crippen LogP contribution >= 0.6 is 24.0 Å². The highest BCUT2D eigenvalue weighted by molar-refractivity contribution is 14.0. The quantitative estimate of drug-likeness (QED) is 0.455. The van der Waals surface area contributed by atoms with Crippen LogP contribution in [-0.4, -0.2) is 31.3 Å². The maximum atomic E-state index is 5.89. The number of nitrogens with two attached hydrogens (primary N) is 1. The van der Waals surface area contributed by atoms with E-state index in [4.69, 9.17) is 10.5 Å². The van der Waals surface area contributed by atoms with Gasteiger partial charge in [-0.15, -0.1) is 24.0 Å². The second-order valence-electron chi connectivity index (χ2n) is 6.16. The van der Waals surface area contributed by atoms with Crippen LogP contribution in [0.1, 0.15) is 40.0 Å². The zero-order chi connectivity index (χ0) is 12.5.